The molecular weight excluding hydrogens is 298 g/mol. The van der Waals surface area contributed by atoms with Crippen molar-refractivity contribution < 1.29 is 9.26 Å². The summed E-state index contributed by atoms with van der Waals surface area (Å²) < 4.78 is 11.1. The lowest BCUT2D eigenvalue weighted by Crippen LogP contribution is -2.08. The van der Waals surface area contributed by atoms with Crippen LogP contribution in [-0.2, 0) is 0 Å². The smallest absolute Gasteiger partial charge is 0.243 e. The van der Waals surface area contributed by atoms with E-state index in [0.717, 1.165) is 22.2 Å². The number of hydrogen-bond acceptors (Lipinski definition) is 5. The Morgan fingerprint density at radius 2 is 2.28 bits per heavy atom. The molecule has 18 heavy (non-hydrogen) atoms. The largest absolute Gasteiger partial charge is 0.496 e. The molecule has 0 aliphatic rings. The Labute approximate surface area is 113 Å². The number of rotatable bonds is 4. The first-order valence-corrected chi connectivity index (χ1v) is 6.38. The van der Waals surface area contributed by atoms with Crippen LogP contribution in [0.1, 0.15) is 25.3 Å². The van der Waals surface area contributed by atoms with Crippen molar-refractivity contribution in [2.75, 3.05) is 7.11 Å². The van der Waals surface area contributed by atoms with Crippen LogP contribution in [-0.4, -0.2) is 17.3 Å². The molecule has 0 aliphatic carbocycles. The summed E-state index contributed by atoms with van der Waals surface area (Å²) in [6, 6.07) is 5.38. The highest BCUT2D eigenvalue weighted by molar-refractivity contribution is 9.10. The van der Waals surface area contributed by atoms with Crippen molar-refractivity contribution in [2.45, 2.75) is 19.4 Å². The lowest BCUT2D eigenvalue weighted by Gasteiger charge is -2.03. The molecule has 0 fully saturated rings. The summed E-state index contributed by atoms with van der Waals surface area (Å²) >= 11 is 3.42. The predicted octanol–water partition coefficient (Wildman–Crippen LogP) is 2.92. The van der Waals surface area contributed by atoms with Gasteiger partial charge in [-0.3, -0.25) is 0 Å². The van der Waals surface area contributed by atoms with Gasteiger partial charge in [-0.15, -0.1) is 0 Å². The molecule has 0 spiro atoms. The lowest BCUT2D eigenvalue weighted by atomic mass is 10.2. The van der Waals surface area contributed by atoms with Crippen LogP contribution in [0.3, 0.4) is 0 Å². The summed E-state index contributed by atoms with van der Waals surface area (Å²) in [5, 5.41) is 3.92. The molecular formula is C12H14BrN3O2. The second-order valence-electron chi connectivity index (χ2n) is 3.82. The van der Waals surface area contributed by atoms with Crippen LogP contribution >= 0.6 is 15.9 Å². The van der Waals surface area contributed by atoms with Crippen molar-refractivity contribution in [1.29, 1.82) is 0 Å². The number of aromatic nitrogens is 2. The summed E-state index contributed by atoms with van der Waals surface area (Å²) in [6.07, 6.45) is 0.758. The molecule has 2 aromatic rings. The summed E-state index contributed by atoms with van der Waals surface area (Å²) in [4.78, 5) is 4.28. The first-order chi connectivity index (χ1) is 8.65. The van der Waals surface area contributed by atoms with E-state index in [1.165, 1.54) is 0 Å². The number of methoxy groups -OCH3 is 1. The molecule has 0 saturated heterocycles. The predicted molar refractivity (Wildman–Crippen MR) is 71.2 cm³/mol. The maximum Gasteiger partial charge on any atom is 0.243 e. The monoisotopic (exact) mass is 311 g/mol. The van der Waals surface area contributed by atoms with E-state index in [9.17, 15) is 0 Å². The van der Waals surface area contributed by atoms with Gasteiger partial charge in [-0.1, -0.05) is 12.1 Å². The molecule has 0 amide bonds. The van der Waals surface area contributed by atoms with Crippen LogP contribution in [0.4, 0.5) is 0 Å². The van der Waals surface area contributed by atoms with E-state index in [-0.39, 0.29) is 6.04 Å². The second-order valence-corrected chi connectivity index (χ2v) is 4.67. The zero-order valence-corrected chi connectivity index (χ0v) is 11.8. The maximum absolute atomic E-state index is 5.84. The first-order valence-electron chi connectivity index (χ1n) is 5.58. The second kappa shape index (κ2) is 5.49. The van der Waals surface area contributed by atoms with Gasteiger partial charge in [0.2, 0.25) is 11.7 Å². The van der Waals surface area contributed by atoms with E-state index in [1.54, 1.807) is 7.11 Å². The Morgan fingerprint density at radius 3 is 2.89 bits per heavy atom. The highest BCUT2D eigenvalue weighted by Crippen LogP contribution is 2.29. The van der Waals surface area contributed by atoms with E-state index in [1.807, 2.05) is 25.1 Å². The fourth-order valence-corrected chi connectivity index (χ4v) is 2.02. The summed E-state index contributed by atoms with van der Waals surface area (Å²) in [5.41, 5.74) is 6.68. The number of benzene rings is 1. The quantitative estimate of drug-likeness (QED) is 0.939. The van der Waals surface area contributed by atoms with E-state index in [2.05, 4.69) is 26.1 Å². The van der Waals surface area contributed by atoms with Crippen LogP contribution in [0.25, 0.3) is 11.4 Å². The highest BCUT2D eigenvalue weighted by Gasteiger charge is 2.14. The van der Waals surface area contributed by atoms with Gasteiger partial charge in [-0.05, 0) is 40.5 Å². The van der Waals surface area contributed by atoms with Gasteiger partial charge >= 0.3 is 0 Å². The topological polar surface area (TPSA) is 74.2 Å². The molecule has 1 aromatic heterocycles. The van der Waals surface area contributed by atoms with Gasteiger partial charge in [0.25, 0.3) is 0 Å². The minimum Gasteiger partial charge on any atom is -0.496 e. The third-order valence-corrected chi connectivity index (χ3v) is 3.23. The van der Waals surface area contributed by atoms with Crippen molar-refractivity contribution >= 4 is 15.9 Å². The van der Waals surface area contributed by atoms with E-state index < -0.39 is 0 Å². The number of hydrogen-bond donors (Lipinski definition) is 1. The number of nitrogens with two attached hydrogens (primary N) is 1. The van der Waals surface area contributed by atoms with Crippen LogP contribution < -0.4 is 10.5 Å². The molecule has 1 heterocycles. The molecule has 0 radical (unpaired) electrons. The average molecular weight is 312 g/mol. The Balaban J connectivity index is 2.31. The molecule has 0 bridgehead atoms. The van der Waals surface area contributed by atoms with Crippen molar-refractivity contribution in [3.8, 4) is 17.1 Å². The molecule has 0 aliphatic heterocycles. The fraction of sp³-hybridized carbons (Fsp3) is 0.333. The molecule has 2 rings (SSSR count). The number of ether oxygens (including phenoxy) is 1. The Hall–Kier alpha value is -1.40. The number of halogens is 1. The molecule has 6 heteroatoms. The van der Waals surface area contributed by atoms with Crippen LogP contribution in [0.5, 0.6) is 5.75 Å². The zero-order valence-electron chi connectivity index (χ0n) is 10.2. The maximum atomic E-state index is 5.84. The van der Waals surface area contributed by atoms with Gasteiger partial charge < -0.3 is 15.0 Å². The molecule has 1 atom stereocenters. The number of nitrogens with zero attached hydrogens (tertiary/aromatic N) is 2. The summed E-state index contributed by atoms with van der Waals surface area (Å²) in [6.45, 7) is 1.97. The van der Waals surface area contributed by atoms with Crippen molar-refractivity contribution in [3.63, 3.8) is 0 Å². The minimum atomic E-state index is -0.215. The van der Waals surface area contributed by atoms with Crippen LogP contribution in [0, 0.1) is 0 Å². The van der Waals surface area contributed by atoms with Crippen molar-refractivity contribution in [1.82, 2.24) is 10.1 Å². The third-order valence-electron chi connectivity index (χ3n) is 2.61. The normalized spacial score (nSPS) is 12.4. The molecule has 0 saturated carbocycles. The van der Waals surface area contributed by atoms with Crippen LogP contribution in [0.2, 0.25) is 0 Å². The zero-order chi connectivity index (χ0) is 13.1. The molecule has 2 N–H and O–H groups in total. The SMILES string of the molecule is CC[C@@H](N)c1nc(-c2ccc(OC)c(Br)c2)no1. The van der Waals surface area contributed by atoms with E-state index >= 15 is 0 Å². The van der Waals surface area contributed by atoms with Gasteiger partial charge in [0.15, 0.2) is 0 Å². The minimum absolute atomic E-state index is 0.215. The Kier molecular flexibility index (Phi) is 3.98. The molecule has 5 nitrogen and oxygen atoms in total. The fourth-order valence-electron chi connectivity index (χ4n) is 1.48. The summed E-state index contributed by atoms with van der Waals surface area (Å²) in [7, 11) is 1.62. The van der Waals surface area contributed by atoms with Gasteiger partial charge in [0.1, 0.15) is 5.75 Å². The van der Waals surface area contributed by atoms with Crippen molar-refractivity contribution in [3.05, 3.63) is 28.6 Å². The van der Waals surface area contributed by atoms with Crippen LogP contribution in [0.15, 0.2) is 27.2 Å². The summed E-state index contributed by atoms with van der Waals surface area (Å²) in [5.74, 6) is 1.74. The van der Waals surface area contributed by atoms with Gasteiger partial charge in [0.05, 0.1) is 17.6 Å². The molecule has 0 unspecified atom stereocenters. The van der Waals surface area contributed by atoms with E-state index in [4.69, 9.17) is 15.0 Å². The van der Waals surface area contributed by atoms with Gasteiger partial charge in [0, 0.05) is 5.56 Å². The molecule has 96 valence electrons. The lowest BCUT2D eigenvalue weighted by molar-refractivity contribution is 0.352. The van der Waals surface area contributed by atoms with Crippen molar-refractivity contribution in [2.24, 2.45) is 5.73 Å². The Bertz CT molecular complexity index is 542. The van der Waals surface area contributed by atoms with Gasteiger partial charge in [-0.2, -0.15) is 4.98 Å². The van der Waals surface area contributed by atoms with E-state index in [0.29, 0.717) is 11.7 Å². The van der Waals surface area contributed by atoms with Gasteiger partial charge in [-0.25, -0.2) is 0 Å². The highest BCUT2D eigenvalue weighted by atomic mass is 79.9. The first kappa shape index (κ1) is 13.0. The standard InChI is InChI=1S/C12H14BrN3O2/c1-3-9(14)12-15-11(16-18-12)7-4-5-10(17-2)8(13)6-7/h4-6,9H,3,14H2,1-2H3/t9-/m1/s1. The molecule has 1 aromatic carbocycles. The third kappa shape index (κ3) is 2.54. The Morgan fingerprint density at radius 1 is 1.50 bits per heavy atom. The average Bonchev–Trinajstić information content (AvgIpc) is 2.87.